The lowest BCUT2D eigenvalue weighted by Gasteiger charge is -2.39. The second kappa shape index (κ2) is 6.76. The molecule has 0 N–H and O–H groups in total. The molecule has 2 aromatic carbocycles. The molecule has 2 unspecified atom stereocenters. The van der Waals surface area contributed by atoms with Crippen molar-refractivity contribution in [2.24, 2.45) is 5.92 Å². The summed E-state index contributed by atoms with van der Waals surface area (Å²) in [4.78, 5) is 14.9. The standard InChI is InChI=1S/C20H22ClNO/c1-3-14(2)20(23)22-13-12-15-8-4-5-9-16(15)19(22)17-10-6-7-11-18(17)21/h4-11,14,19H,3,12-13H2,1-2H3. The van der Waals surface area contributed by atoms with Gasteiger partial charge in [0.05, 0.1) is 6.04 Å². The van der Waals surface area contributed by atoms with Crippen LogP contribution in [0.25, 0.3) is 0 Å². The van der Waals surface area contributed by atoms with E-state index >= 15 is 0 Å². The van der Waals surface area contributed by atoms with Crippen molar-refractivity contribution in [2.75, 3.05) is 6.54 Å². The zero-order chi connectivity index (χ0) is 16.4. The number of nitrogens with zero attached hydrogens (tertiary/aromatic N) is 1. The number of hydrogen-bond acceptors (Lipinski definition) is 1. The predicted molar refractivity (Wildman–Crippen MR) is 94.6 cm³/mol. The van der Waals surface area contributed by atoms with Crippen LogP contribution in [0.4, 0.5) is 0 Å². The topological polar surface area (TPSA) is 20.3 Å². The molecule has 2 atom stereocenters. The summed E-state index contributed by atoms with van der Waals surface area (Å²) in [5.41, 5.74) is 3.52. The van der Waals surface area contributed by atoms with Crippen LogP contribution in [0.3, 0.4) is 0 Å². The molecule has 0 bridgehead atoms. The molecule has 0 aliphatic carbocycles. The van der Waals surface area contributed by atoms with E-state index in [2.05, 4.69) is 25.1 Å². The number of fused-ring (bicyclic) bond motifs is 1. The normalized spacial score (nSPS) is 18.4. The van der Waals surface area contributed by atoms with Crippen LogP contribution in [0.2, 0.25) is 5.02 Å². The van der Waals surface area contributed by atoms with Gasteiger partial charge in [0.1, 0.15) is 0 Å². The van der Waals surface area contributed by atoms with Gasteiger partial charge in [0.15, 0.2) is 0 Å². The molecule has 2 nitrogen and oxygen atoms in total. The van der Waals surface area contributed by atoms with E-state index in [1.54, 1.807) is 0 Å². The maximum atomic E-state index is 12.9. The van der Waals surface area contributed by atoms with E-state index in [0.717, 1.165) is 30.0 Å². The largest absolute Gasteiger partial charge is 0.331 e. The van der Waals surface area contributed by atoms with Crippen molar-refractivity contribution in [1.82, 2.24) is 4.90 Å². The molecule has 0 saturated carbocycles. The molecule has 0 radical (unpaired) electrons. The Balaban J connectivity index is 2.11. The van der Waals surface area contributed by atoms with Crippen LogP contribution in [-0.4, -0.2) is 17.4 Å². The quantitative estimate of drug-likeness (QED) is 0.788. The SMILES string of the molecule is CCC(C)C(=O)N1CCc2ccccc2C1c1ccccc1Cl. The first kappa shape index (κ1) is 16.1. The van der Waals surface area contributed by atoms with Gasteiger partial charge in [0.25, 0.3) is 0 Å². The van der Waals surface area contributed by atoms with Crippen molar-refractivity contribution in [1.29, 1.82) is 0 Å². The van der Waals surface area contributed by atoms with Gasteiger partial charge in [-0.25, -0.2) is 0 Å². The second-order valence-corrected chi connectivity index (χ2v) is 6.62. The minimum Gasteiger partial charge on any atom is -0.331 e. The van der Waals surface area contributed by atoms with Gasteiger partial charge < -0.3 is 4.90 Å². The molecule has 0 spiro atoms. The number of halogens is 1. The summed E-state index contributed by atoms with van der Waals surface area (Å²) >= 11 is 6.47. The van der Waals surface area contributed by atoms with Gasteiger partial charge in [-0.3, -0.25) is 4.79 Å². The third kappa shape index (κ3) is 3.00. The summed E-state index contributed by atoms with van der Waals surface area (Å²) in [6.45, 7) is 4.81. The first-order valence-corrected chi connectivity index (χ1v) is 8.64. The highest BCUT2D eigenvalue weighted by atomic mass is 35.5. The Bertz CT molecular complexity index is 712. The number of rotatable bonds is 3. The molecule has 120 valence electrons. The molecule has 3 heteroatoms. The molecule has 1 aliphatic heterocycles. The molecule has 23 heavy (non-hydrogen) atoms. The van der Waals surface area contributed by atoms with Crippen LogP contribution in [0.5, 0.6) is 0 Å². The zero-order valence-electron chi connectivity index (χ0n) is 13.6. The van der Waals surface area contributed by atoms with Crippen LogP contribution in [0.15, 0.2) is 48.5 Å². The minimum atomic E-state index is -0.0878. The van der Waals surface area contributed by atoms with E-state index in [1.807, 2.05) is 42.2 Å². The predicted octanol–water partition coefficient (Wildman–Crippen LogP) is 4.86. The third-order valence-electron chi connectivity index (χ3n) is 4.80. The maximum absolute atomic E-state index is 12.9. The van der Waals surface area contributed by atoms with Gasteiger partial charge in [0, 0.05) is 17.5 Å². The van der Waals surface area contributed by atoms with E-state index < -0.39 is 0 Å². The lowest BCUT2D eigenvalue weighted by Crippen LogP contribution is -2.43. The Morgan fingerprint density at radius 3 is 2.52 bits per heavy atom. The Kier molecular flexibility index (Phi) is 4.72. The fourth-order valence-corrected chi connectivity index (χ4v) is 3.53. The second-order valence-electron chi connectivity index (χ2n) is 6.21. The summed E-state index contributed by atoms with van der Waals surface area (Å²) in [6, 6.07) is 16.2. The van der Waals surface area contributed by atoms with E-state index in [9.17, 15) is 4.79 Å². The van der Waals surface area contributed by atoms with E-state index in [-0.39, 0.29) is 17.9 Å². The van der Waals surface area contributed by atoms with Crippen LogP contribution in [0.1, 0.15) is 43.0 Å². The van der Waals surface area contributed by atoms with Crippen LogP contribution in [-0.2, 0) is 11.2 Å². The molecule has 1 heterocycles. The van der Waals surface area contributed by atoms with Gasteiger partial charge in [-0.05, 0) is 35.6 Å². The molecule has 0 aromatic heterocycles. The Morgan fingerprint density at radius 2 is 1.83 bits per heavy atom. The highest BCUT2D eigenvalue weighted by Gasteiger charge is 2.34. The lowest BCUT2D eigenvalue weighted by atomic mass is 9.87. The third-order valence-corrected chi connectivity index (χ3v) is 5.14. The lowest BCUT2D eigenvalue weighted by molar-refractivity contribution is -0.137. The Labute approximate surface area is 143 Å². The van der Waals surface area contributed by atoms with Gasteiger partial charge in [0.2, 0.25) is 5.91 Å². The molecular weight excluding hydrogens is 306 g/mol. The number of carbonyl (C=O) groups excluding carboxylic acids is 1. The van der Waals surface area contributed by atoms with Gasteiger partial charge >= 0.3 is 0 Å². The van der Waals surface area contributed by atoms with Crippen molar-refractivity contribution in [2.45, 2.75) is 32.7 Å². The fourth-order valence-electron chi connectivity index (χ4n) is 3.29. The number of amides is 1. The molecule has 2 aromatic rings. The number of benzene rings is 2. The molecule has 1 amide bonds. The number of hydrogen-bond donors (Lipinski definition) is 0. The van der Waals surface area contributed by atoms with Gasteiger partial charge in [-0.2, -0.15) is 0 Å². The Morgan fingerprint density at radius 1 is 1.17 bits per heavy atom. The summed E-state index contributed by atoms with van der Waals surface area (Å²) in [7, 11) is 0. The van der Waals surface area contributed by atoms with Crippen molar-refractivity contribution < 1.29 is 4.79 Å². The smallest absolute Gasteiger partial charge is 0.226 e. The maximum Gasteiger partial charge on any atom is 0.226 e. The summed E-state index contributed by atoms with van der Waals surface area (Å²) in [6.07, 6.45) is 1.76. The highest BCUT2D eigenvalue weighted by Crippen LogP contribution is 2.38. The van der Waals surface area contributed by atoms with E-state index in [0.29, 0.717) is 0 Å². The van der Waals surface area contributed by atoms with Crippen LogP contribution < -0.4 is 0 Å². The summed E-state index contributed by atoms with van der Waals surface area (Å²) < 4.78 is 0. The van der Waals surface area contributed by atoms with E-state index in [1.165, 1.54) is 11.1 Å². The first-order valence-electron chi connectivity index (χ1n) is 8.26. The number of carbonyl (C=O) groups is 1. The summed E-state index contributed by atoms with van der Waals surface area (Å²) in [5, 5.41) is 0.719. The fraction of sp³-hybridized carbons (Fsp3) is 0.350. The highest BCUT2D eigenvalue weighted by molar-refractivity contribution is 6.31. The monoisotopic (exact) mass is 327 g/mol. The first-order chi connectivity index (χ1) is 11.1. The van der Waals surface area contributed by atoms with Gasteiger partial charge in [-0.1, -0.05) is 67.9 Å². The molecule has 0 fully saturated rings. The average molecular weight is 328 g/mol. The van der Waals surface area contributed by atoms with Crippen LogP contribution >= 0.6 is 11.6 Å². The van der Waals surface area contributed by atoms with Gasteiger partial charge in [-0.15, -0.1) is 0 Å². The van der Waals surface area contributed by atoms with Crippen molar-refractivity contribution >= 4 is 17.5 Å². The van der Waals surface area contributed by atoms with Crippen molar-refractivity contribution in [3.63, 3.8) is 0 Å². The van der Waals surface area contributed by atoms with Crippen molar-refractivity contribution in [3.05, 3.63) is 70.2 Å². The van der Waals surface area contributed by atoms with Crippen LogP contribution in [0, 0.1) is 5.92 Å². The minimum absolute atomic E-state index is 0.0326. The summed E-state index contributed by atoms with van der Waals surface area (Å²) in [5.74, 6) is 0.247. The molecule has 0 saturated heterocycles. The zero-order valence-corrected chi connectivity index (χ0v) is 14.4. The van der Waals surface area contributed by atoms with Crippen molar-refractivity contribution in [3.8, 4) is 0 Å². The average Bonchev–Trinajstić information content (AvgIpc) is 2.60. The van der Waals surface area contributed by atoms with E-state index in [4.69, 9.17) is 11.6 Å². The molecule has 1 aliphatic rings. The Hall–Kier alpha value is -1.80. The molecule has 3 rings (SSSR count). The molecular formula is C20H22ClNO.